The number of carbonyl (C=O) groups is 1. The number of hydrogen-bond donors (Lipinski definition) is 2. The Morgan fingerprint density at radius 2 is 2.19 bits per heavy atom. The monoisotopic (exact) mass is 244 g/mol. The molecule has 1 rings (SSSR count). The van der Waals surface area contributed by atoms with Gasteiger partial charge < -0.3 is 14.6 Å². The van der Waals surface area contributed by atoms with Gasteiger partial charge in [-0.05, 0) is 19.9 Å². The van der Waals surface area contributed by atoms with Crippen molar-refractivity contribution < 1.29 is 19.4 Å². The number of aryl methyl sites for hydroxylation is 1. The van der Waals surface area contributed by atoms with Gasteiger partial charge in [0, 0.05) is 5.25 Å². The van der Waals surface area contributed by atoms with Crippen LogP contribution in [0.3, 0.4) is 0 Å². The molecule has 0 bridgehead atoms. The highest BCUT2D eigenvalue weighted by molar-refractivity contribution is 7.99. The molecule has 4 nitrogen and oxygen atoms in total. The van der Waals surface area contributed by atoms with Crippen molar-refractivity contribution in [1.29, 1.82) is 0 Å². The van der Waals surface area contributed by atoms with Crippen LogP contribution in [0.2, 0.25) is 0 Å². The molecule has 0 saturated carbocycles. The molecule has 90 valence electrons. The van der Waals surface area contributed by atoms with Crippen LogP contribution in [0.4, 0.5) is 0 Å². The lowest BCUT2D eigenvalue weighted by Gasteiger charge is -2.12. The normalized spacial score (nSPS) is 14.8. The quantitative estimate of drug-likeness (QED) is 0.831. The van der Waals surface area contributed by atoms with Gasteiger partial charge in [-0.2, -0.15) is 0 Å². The Labute approximate surface area is 98.7 Å². The fourth-order valence-corrected chi connectivity index (χ4v) is 2.03. The van der Waals surface area contributed by atoms with E-state index in [0.29, 0.717) is 17.3 Å². The third kappa shape index (κ3) is 3.28. The molecule has 1 aromatic rings. The summed E-state index contributed by atoms with van der Waals surface area (Å²) in [6.45, 7) is 5.28. The molecule has 16 heavy (non-hydrogen) atoms. The summed E-state index contributed by atoms with van der Waals surface area (Å²) in [6, 6.07) is 1.54. The molecular weight excluding hydrogens is 228 g/mol. The number of rotatable bonds is 5. The number of aliphatic hydroxyl groups is 1. The maximum absolute atomic E-state index is 10.8. The zero-order valence-electron chi connectivity index (χ0n) is 9.56. The lowest BCUT2D eigenvalue weighted by atomic mass is 10.2. The van der Waals surface area contributed by atoms with Gasteiger partial charge in [0.15, 0.2) is 0 Å². The molecule has 1 heterocycles. The van der Waals surface area contributed by atoms with E-state index in [-0.39, 0.29) is 16.9 Å². The summed E-state index contributed by atoms with van der Waals surface area (Å²) in [4.78, 5) is 10.8. The predicted octanol–water partition coefficient (Wildman–Crippen LogP) is 2.29. The lowest BCUT2D eigenvalue weighted by molar-refractivity contribution is 0.0695. The summed E-state index contributed by atoms with van der Waals surface area (Å²) in [5.41, 5.74) is 0.209. The average Bonchev–Trinajstić information content (AvgIpc) is 2.56. The maximum atomic E-state index is 10.8. The molecule has 0 spiro atoms. The maximum Gasteiger partial charge on any atom is 0.339 e. The molecule has 0 aliphatic carbocycles. The van der Waals surface area contributed by atoms with Gasteiger partial charge in [-0.15, -0.1) is 11.8 Å². The van der Waals surface area contributed by atoms with Gasteiger partial charge in [0.2, 0.25) is 0 Å². The Bertz CT molecular complexity index is 370. The van der Waals surface area contributed by atoms with Crippen molar-refractivity contribution >= 4 is 17.7 Å². The summed E-state index contributed by atoms with van der Waals surface area (Å²) < 4.78 is 5.32. The molecular formula is C11H16O4S. The molecule has 0 saturated heterocycles. The minimum Gasteiger partial charge on any atom is -0.478 e. The minimum absolute atomic E-state index is 0.0960. The number of hydrogen-bond acceptors (Lipinski definition) is 4. The van der Waals surface area contributed by atoms with Crippen LogP contribution in [0.5, 0.6) is 0 Å². The number of aromatic carboxylic acids is 1. The Balaban J connectivity index is 2.62. The van der Waals surface area contributed by atoms with E-state index < -0.39 is 5.97 Å². The summed E-state index contributed by atoms with van der Waals surface area (Å²) in [5.74, 6) is 0.654. The van der Waals surface area contributed by atoms with Crippen molar-refractivity contribution in [1.82, 2.24) is 0 Å². The number of thioether (sulfide) groups is 1. The molecule has 0 aliphatic heterocycles. The fraction of sp³-hybridized carbons (Fsp3) is 0.545. The van der Waals surface area contributed by atoms with E-state index in [2.05, 4.69) is 0 Å². The van der Waals surface area contributed by atoms with Crippen LogP contribution in [0.25, 0.3) is 0 Å². The van der Waals surface area contributed by atoms with Crippen molar-refractivity contribution in [3.8, 4) is 0 Å². The smallest absolute Gasteiger partial charge is 0.339 e. The van der Waals surface area contributed by atoms with Crippen LogP contribution in [-0.2, 0) is 5.75 Å². The zero-order valence-corrected chi connectivity index (χ0v) is 10.4. The Morgan fingerprint density at radius 1 is 1.56 bits per heavy atom. The Morgan fingerprint density at radius 3 is 2.62 bits per heavy atom. The number of carboxylic acids is 1. The molecule has 5 heteroatoms. The van der Waals surface area contributed by atoms with Crippen molar-refractivity contribution in [3.63, 3.8) is 0 Å². The summed E-state index contributed by atoms with van der Waals surface area (Å²) in [5, 5.41) is 18.2. The Kier molecular flexibility index (Phi) is 4.44. The minimum atomic E-state index is -0.971. The number of carboxylic acid groups (broad SMARTS) is 1. The van der Waals surface area contributed by atoms with Crippen LogP contribution >= 0.6 is 11.8 Å². The highest BCUT2D eigenvalue weighted by Gasteiger charge is 2.15. The van der Waals surface area contributed by atoms with Crippen LogP contribution in [0.1, 0.15) is 35.7 Å². The van der Waals surface area contributed by atoms with Crippen molar-refractivity contribution in [3.05, 3.63) is 23.2 Å². The van der Waals surface area contributed by atoms with E-state index in [1.165, 1.54) is 11.8 Å². The van der Waals surface area contributed by atoms with Crippen LogP contribution in [0.15, 0.2) is 10.5 Å². The second kappa shape index (κ2) is 5.41. The highest BCUT2D eigenvalue weighted by atomic mass is 32.2. The van der Waals surface area contributed by atoms with Crippen molar-refractivity contribution in [2.24, 2.45) is 0 Å². The summed E-state index contributed by atoms with van der Waals surface area (Å²) >= 11 is 1.53. The van der Waals surface area contributed by atoms with Crippen LogP contribution < -0.4 is 0 Å². The van der Waals surface area contributed by atoms with E-state index in [0.717, 1.165) is 0 Å². The number of aliphatic hydroxyl groups excluding tert-OH is 1. The highest BCUT2D eigenvalue weighted by Crippen LogP contribution is 2.23. The topological polar surface area (TPSA) is 70.7 Å². The third-order valence-corrected chi connectivity index (χ3v) is 3.74. The predicted molar refractivity (Wildman–Crippen MR) is 62.8 cm³/mol. The van der Waals surface area contributed by atoms with Gasteiger partial charge in [0.05, 0.1) is 11.9 Å². The van der Waals surface area contributed by atoms with Gasteiger partial charge in [-0.1, -0.05) is 6.92 Å². The first kappa shape index (κ1) is 13.1. The molecule has 0 fully saturated rings. The first-order chi connectivity index (χ1) is 7.41. The van der Waals surface area contributed by atoms with E-state index in [1.54, 1.807) is 19.9 Å². The third-order valence-electron chi connectivity index (χ3n) is 2.37. The first-order valence-corrected chi connectivity index (χ1v) is 6.09. The van der Waals surface area contributed by atoms with E-state index >= 15 is 0 Å². The molecule has 0 radical (unpaired) electrons. The van der Waals surface area contributed by atoms with Gasteiger partial charge in [0.1, 0.15) is 17.1 Å². The molecule has 1 aromatic heterocycles. The molecule has 0 aromatic carbocycles. The van der Waals surface area contributed by atoms with E-state index in [1.807, 2.05) is 6.92 Å². The van der Waals surface area contributed by atoms with E-state index in [4.69, 9.17) is 9.52 Å². The van der Waals surface area contributed by atoms with Gasteiger partial charge >= 0.3 is 5.97 Å². The lowest BCUT2D eigenvalue weighted by Crippen LogP contribution is -2.15. The molecule has 0 aliphatic rings. The summed E-state index contributed by atoms with van der Waals surface area (Å²) in [7, 11) is 0. The molecule has 0 amide bonds. The average molecular weight is 244 g/mol. The Hall–Kier alpha value is -0.940. The number of furan rings is 1. The van der Waals surface area contributed by atoms with Crippen molar-refractivity contribution in [2.75, 3.05) is 0 Å². The largest absolute Gasteiger partial charge is 0.478 e. The van der Waals surface area contributed by atoms with E-state index in [9.17, 15) is 9.90 Å². The fourth-order valence-electron chi connectivity index (χ4n) is 1.18. The van der Waals surface area contributed by atoms with Crippen molar-refractivity contribution in [2.45, 2.75) is 37.9 Å². The van der Waals surface area contributed by atoms with Gasteiger partial charge in [-0.3, -0.25) is 0 Å². The first-order valence-electron chi connectivity index (χ1n) is 5.04. The van der Waals surface area contributed by atoms with Gasteiger partial charge in [-0.25, -0.2) is 4.79 Å². The molecule has 2 N–H and O–H groups in total. The second-order valence-electron chi connectivity index (χ2n) is 3.74. The summed E-state index contributed by atoms with van der Waals surface area (Å²) in [6.07, 6.45) is -0.389. The molecule has 2 atom stereocenters. The van der Waals surface area contributed by atoms with Crippen LogP contribution in [-0.4, -0.2) is 27.5 Å². The second-order valence-corrected chi connectivity index (χ2v) is 5.11. The van der Waals surface area contributed by atoms with Crippen LogP contribution in [0, 0.1) is 6.92 Å². The standard InChI is InChI=1S/C11H16O4S/c1-6(12)8(3)16-5-9-4-10(11(13)14)7(2)15-9/h4,6,8,12H,5H2,1-3H3,(H,13,14). The zero-order chi connectivity index (χ0) is 12.3. The molecule has 2 unspecified atom stereocenters. The SMILES string of the molecule is Cc1oc(CSC(C)C(C)O)cc1C(=O)O. The van der Waals surface area contributed by atoms with Gasteiger partial charge in [0.25, 0.3) is 0 Å².